The van der Waals surface area contributed by atoms with Gasteiger partial charge in [-0.3, -0.25) is 14.2 Å². The minimum absolute atomic E-state index is 0.0885. The van der Waals surface area contributed by atoms with Gasteiger partial charge in [-0.1, -0.05) is 30.0 Å². The van der Waals surface area contributed by atoms with E-state index in [4.69, 9.17) is 4.42 Å². The number of hydrogen-bond acceptors (Lipinski definition) is 7. The van der Waals surface area contributed by atoms with Crippen LogP contribution in [-0.2, 0) is 11.3 Å². The number of carbonyl (C=O) groups excluding carboxylic acids is 1. The summed E-state index contributed by atoms with van der Waals surface area (Å²) in [5.74, 6) is 0.489. The third-order valence-corrected chi connectivity index (χ3v) is 4.82. The summed E-state index contributed by atoms with van der Waals surface area (Å²) in [4.78, 5) is 37.8. The standard InChI is InChI=1S/C19H15N5O3S/c25-15(22-13-5-2-1-3-6-13)12-28-19-23-17-16(20-8-9-21-17)18(26)24(19)11-14-7-4-10-27-14/h1-10H,11-12H2,(H,22,25). The number of fused-ring (bicyclic) bond motifs is 1. The highest BCUT2D eigenvalue weighted by Crippen LogP contribution is 2.18. The highest BCUT2D eigenvalue weighted by Gasteiger charge is 2.16. The Balaban J connectivity index is 1.61. The van der Waals surface area contributed by atoms with Gasteiger partial charge in [0.1, 0.15) is 5.76 Å². The molecule has 1 N–H and O–H groups in total. The molecular formula is C19H15N5O3S. The lowest BCUT2D eigenvalue weighted by molar-refractivity contribution is -0.113. The monoisotopic (exact) mass is 393 g/mol. The maximum absolute atomic E-state index is 12.9. The first kappa shape index (κ1) is 17.9. The van der Waals surface area contributed by atoms with Gasteiger partial charge in [-0.2, -0.15) is 0 Å². The van der Waals surface area contributed by atoms with Crippen LogP contribution in [0.2, 0.25) is 0 Å². The van der Waals surface area contributed by atoms with Crippen LogP contribution in [0.1, 0.15) is 5.76 Å². The van der Waals surface area contributed by atoms with E-state index < -0.39 is 0 Å². The van der Waals surface area contributed by atoms with Gasteiger partial charge in [0.05, 0.1) is 18.6 Å². The maximum atomic E-state index is 12.9. The number of hydrogen-bond donors (Lipinski definition) is 1. The molecule has 0 saturated carbocycles. The average molecular weight is 393 g/mol. The van der Waals surface area contributed by atoms with Crippen molar-refractivity contribution in [3.05, 3.63) is 77.2 Å². The van der Waals surface area contributed by atoms with Gasteiger partial charge in [0.2, 0.25) is 5.91 Å². The number of carbonyl (C=O) groups is 1. The zero-order valence-corrected chi connectivity index (χ0v) is 15.4. The van der Waals surface area contributed by atoms with Crippen LogP contribution >= 0.6 is 11.8 Å². The fourth-order valence-corrected chi connectivity index (χ4v) is 3.37. The quantitative estimate of drug-likeness (QED) is 0.397. The number of nitrogens with zero attached hydrogens (tertiary/aromatic N) is 4. The summed E-state index contributed by atoms with van der Waals surface area (Å²) in [5, 5.41) is 3.18. The predicted octanol–water partition coefficient (Wildman–Crippen LogP) is 2.56. The molecule has 0 saturated heterocycles. The van der Waals surface area contributed by atoms with Crippen molar-refractivity contribution in [3.63, 3.8) is 0 Å². The first-order valence-corrected chi connectivity index (χ1v) is 9.41. The lowest BCUT2D eigenvalue weighted by Gasteiger charge is -2.11. The van der Waals surface area contributed by atoms with E-state index in [1.165, 1.54) is 23.2 Å². The summed E-state index contributed by atoms with van der Waals surface area (Å²) in [6.45, 7) is 0.188. The van der Waals surface area contributed by atoms with E-state index in [0.717, 1.165) is 11.8 Å². The molecule has 1 amide bonds. The van der Waals surface area contributed by atoms with Crippen LogP contribution < -0.4 is 10.9 Å². The SMILES string of the molecule is O=C(CSc1nc2nccnc2c(=O)n1Cc1ccco1)Nc1ccccc1. The van der Waals surface area contributed by atoms with Crippen molar-refractivity contribution in [1.82, 2.24) is 19.5 Å². The maximum Gasteiger partial charge on any atom is 0.282 e. The second-order valence-electron chi connectivity index (χ2n) is 5.80. The molecule has 140 valence electrons. The van der Waals surface area contributed by atoms with Gasteiger partial charge in [-0.15, -0.1) is 0 Å². The van der Waals surface area contributed by atoms with E-state index in [1.807, 2.05) is 18.2 Å². The number of nitrogens with one attached hydrogen (secondary N) is 1. The summed E-state index contributed by atoms with van der Waals surface area (Å²) >= 11 is 1.16. The Bertz CT molecular complexity index is 1160. The molecule has 0 spiro atoms. The van der Waals surface area contributed by atoms with Crippen LogP contribution in [0.25, 0.3) is 11.2 Å². The largest absolute Gasteiger partial charge is 0.467 e. The summed E-state index contributed by atoms with van der Waals surface area (Å²) in [5.41, 5.74) is 0.792. The summed E-state index contributed by atoms with van der Waals surface area (Å²) in [6.07, 6.45) is 4.46. The lowest BCUT2D eigenvalue weighted by atomic mass is 10.3. The minimum atomic E-state index is -0.333. The molecule has 0 radical (unpaired) electrons. The smallest absolute Gasteiger partial charge is 0.282 e. The average Bonchev–Trinajstić information content (AvgIpc) is 3.23. The molecule has 0 atom stereocenters. The number of aromatic nitrogens is 4. The first-order chi connectivity index (χ1) is 13.7. The molecule has 4 aromatic rings. The molecule has 9 heteroatoms. The molecule has 1 aromatic carbocycles. The molecule has 0 aliphatic rings. The Morgan fingerprint density at radius 3 is 2.71 bits per heavy atom. The molecule has 0 aliphatic heterocycles. The number of benzene rings is 1. The minimum Gasteiger partial charge on any atom is -0.467 e. The Labute approximate surface area is 163 Å². The highest BCUT2D eigenvalue weighted by molar-refractivity contribution is 7.99. The zero-order valence-electron chi connectivity index (χ0n) is 14.6. The van der Waals surface area contributed by atoms with E-state index in [1.54, 1.807) is 24.3 Å². The van der Waals surface area contributed by atoms with Gasteiger partial charge in [-0.05, 0) is 24.3 Å². The molecule has 0 aliphatic carbocycles. The van der Waals surface area contributed by atoms with Crippen molar-refractivity contribution >= 4 is 34.5 Å². The second kappa shape index (κ2) is 8.05. The normalized spacial score (nSPS) is 10.9. The van der Waals surface area contributed by atoms with Crippen molar-refractivity contribution in [1.29, 1.82) is 0 Å². The second-order valence-corrected chi connectivity index (χ2v) is 6.74. The van der Waals surface area contributed by atoms with Gasteiger partial charge in [0.25, 0.3) is 5.56 Å². The van der Waals surface area contributed by atoms with Crippen LogP contribution in [0.4, 0.5) is 5.69 Å². The van der Waals surface area contributed by atoms with Crippen LogP contribution in [0.3, 0.4) is 0 Å². The van der Waals surface area contributed by atoms with E-state index in [0.29, 0.717) is 16.6 Å². The van der Waals surface area contributed by atoms with Crippen molar-refractivity contribution in [2.24, 2.45) is 0 Å². The van der Waals surface area contributed by atoms with Gasteiger partial charge in [0, 0.05) is 18.1 Å². The van der Waals surface area contributed by atoms with E-state index in [9.17, 15) is 9.59 Å². The van der Waals surface area contributed by atoms with Crippen molar-refractivity contribution in [2.45, 2.75) is 11.7 Å². The third-order valence-electron chi connectivity index (χ3n) is 3.84. The predicted molar refractivity (Wildman–Crippen MR) is 105 cm³/mol. The van der Waals surface area contributed by atoms with Crippen molar-refractivity contribution in [2.75, 3.05) is 11.1 Å². The third kappa shape index (κ3) is 3.94. The van der Waals surface area contributed by atoms with Gasteiger partial charge in [-0.25, -0.2) is 15.0 Å². The topological polar surface area (TPSA) is 103 Å². The zero-order chi connectivity index (χ0) is 19.3. The summed E-state index contributed by atoms with van der Waals surface area (Å²) in [7, 11) is 0. The number of thioether (sulfide) groups is 1. The van der Waals surface area contributed by atoms with Crippen LogP contribution in [0.15, 0.2) is 75.5 Å². The van der Waals surface area contributed by atoms with Crippen molar-refractivity contribution in [3.8, 4) is 0 Å². The Morgan fingerprint density at radius 2 is 1.93 bits per heavy atom. The molecule has 4 rings (SSSR count). The molecule has 0 bridgehead atoms. The number of rotatable bonds is 6. The summed E-state index contributed by atoms with van der Waals surface area (Å²) in [6, 6.07) is 12.7. The molecule has 0 fully saturated rings. The molecule has 0 unspecified atom stereocenters. The number of anilines is 1. The van der Waals surface area contributed by atoms with E-state index in [2.05, 4.69) is 20.3 Å². The fraction of sp³-hybridized carbons (Fsp3) is 0.105. The van der Waals surface area contributed by atoms with E-state index >= 15 is 0 Å². The molecule has 28 heavy (non-hydrogen) atoms. The van der Waals surface area contributed by atoms with Gasteiger partial charge < -0.3 is 9.73 Å². The molecule has 3 aromatic heterocycles. The molecular weight excluding hydrogens is 378 g/mol. The van der Waals surface area contributed by atoms with Gasteiger partial charge >= 0.3 is 0 Å². The highest BCUT2D eigenvalue weighted by atomic mass is 32.2. The number of para-hydroxylation sites is 1. The first-order valence-electron chi connectivity index (χ1n) is 8.42. The van der Waals surface area contributed by atoms with Crippen LogP contribution in [0, 0.1) is 0 Å². The fourth-order valence-electron chi connectivity index (χ4n) is 2.59. The summed E-state index contributed by atoms with van der Waals surface area (Å²) < 4.78 is 6.79. The Kier molecular flexibility index (Phi) is 5.16. The number of furan rings is 1. The van der Waals surface area contributed by atoms with Crippen LogP contribution in [-0.4, -0.2) is 31.2 Å². The molecule has 8 nitrogen and oxygen atoms in total. The lowest BCUT2D eigenvalue weighted by Crippen LogP contribution is -2.25. The Morgan fingerprint density at radius 1 is 1.11 bits per heavy atom. The molecule has 3 heterocycles. The number of amides is 1. The van der Waals surface area contributed by atoms with Crippen LogP contribution in [0.5, 0.6) is 0 Å². The van der Waals surface area contributed by atoms with Gasteiger partial charge in [0.15, 0.2) is 16.3 Å². The van der Waals surface area contributed by atoms with Crippen molar-refractivity contribution < 1.29 is 9.21 Å². The van der Waals surface area contributed by atoms with E-state index in [-0.39, 0.29) is 34.9 Å². The Hall–Kier alpha value is -3.46.